The largest absolute Gasteiger partial charge is 0.394 e. The molecule has 6 nitrogen and oxygen atoms in total. The molecular weight excluding hydrogens is 430 g/mol. The molecule has 3 heterocycles. The Morgan fingerprint density at radius 2 is 1.97 bits per heavy atom. The van der Waals surface area contributed by atoms with Crippen LogP contribution in [0.25, 0.3) is 22.2 Å². The molecule has 156 valence electrons. The second-order valence-corrected chi connectivity index (χ2v) is 7.86. The zero-order valence-electron chi connectivity index (χ0n) is 16.0. The van der Waals surface area contributed by atoms with Gasteiger partial charge >= 0.3 is 0 Å². The molecule has 0 saturated heterocycles. The van der Waals surface area contributed by atoms with Gasteiger partial charge in [0.15, 0.2) is 0 Å². The summed E-state index contributed by atoms with van der Waals surface area (Å²) in [6.07, 6.45) is 6.17. The number of nitrogens with zero attached hydrogens (tertiary/aromatic N) is 4. The van der Waals surface area contributed by atoms with E-state index >= 15 is 0 Å². The van der Waals surface area contributed by atoms with Gasteiger partial charge in [-0.2, -0.15) is 5.10 Å². The van der Waals surface area contributed by atoms with Crippen LogP contribution >= 0.6 is 23.2 Å². The highest BCUT2D eigenvalue weighted by atomic mass is 35.5. The molecule has 0 aliphatic heterocycles. The van der Waals surface area contributed by atoms with Crippen LogP contribution < -0.4 is 0 Å². The van der Waals surface area contributed by atoms with E-state index < -0.39 is 11.9 Å². The lowest BCUT2D eigenvalue weighted by atomic mass is 10.1. The third-order valence-corrected chi connectivity index (χ3v) is 5.77. The Morgan fingerprint density at radius 3 is 2.73 bits per heavy atom. The molecular formula is C21H19Cl2FN4O2. The van der Waals surface area contributed by atoms with Gasteiger partial charge < -0.3 is 14.8 Å². The van der Waals surface area contributed by atoms with Crippen LogP contribution in [0, 0.1) is 5.82 Å². The second kappa shape index (κ2) is 8.35. The minimum atomic E-state index is -0.878. The molecule has 0 saturated carbocycles. The molecule has 0 amide bonds. The molecule has 0 aliphatic carbocycles. The highest BCUT2D eigenvalue weighted by Crippen LogP contribution is 2.36. The molecule has 9 heteroatoms. The van der Waals surface area contributed by atoms with Gasteiger partial charge in [0.2, 0.25) is 0 Å². The highest BCUT2D eigenvalue weighted by Gasteiger charge is 2.20. The Hall–Kier alpha value is -2.45. The number of aromatic nitrogens is 4. The maximum absolute atomic E-state index is 14.0. The summed E-state index contributed by atoms with van der Waals surface area (Å²) in [5, 5.41) is 23.2. The van der Waals surface area contributed by atoms with E-state index in [1.807, 2.05) is 29.8 Å². The van der Waals surface area contributed by atoms with Gasteiger partial charge in [-0.05, 0) is 31.2 Å². The van der Waals surface area contributed by atoms with Gasteiger partial charge in [0, 0.05) is 40.3 Å². The van der Waals surface area contributed by atoms with E-state index in [-0.39, 0.29) is 24.2 Å². The van der Waals surface area contributed by atoms with E-state index in [1.54, 1.807) is 23.3 Å². The van der Waals surface area contributed by atoms with Crippen molar-refractivity contribution in [3.8, 4) is 11.1 Å². The van der Waals surface area contributed by atoms with E-state index in [1.165, 1.54) is 12.1 Å². The Bertz CT molecular complexity index is 1210. The average Bonchev–Trinajstić information content (AvgIpc) is 3.37. The van der Waals surface area contributed by atoms with Crippen LogP contribution in [0.15, 0.2) is 49.1 Å². The lowest BCUT2D eigenvalue weighted by molar-refractivity contribution is 0.0783. The average molecular weight is 449 g/mol. The zero-order chi connectivity index (χ0) is 21.4. The van der Waals surface area contributed by atoms with Crippen LogP contribution in [-0.2, 0) is 6.54 Å². The number of aliphatic hydroxyl groups excluding tert-OH is 2. The Morgan fingerprint density at radius 1 is 1.17 bits per heavy atom. The Kier molecular flexibility index (Phi) is 5.79. The zero-order valence-corrected chi connectivity index (χ0v) is 17.5. The summed E-state index contributed by atoms with van der Waals surface area (Å²) in [5.41, 5.74) is 3.76. The number of fused-ring (bicyclic) bond motifs is 1. The van der Waals surface area contributed by atoms with E-state index in [0.717, 1.165) is 22.2 Å². The SMILES string of the molecule is C[C@H](c1c(Cl)ccc(F)c1Cl)n1ccc2ncc(-c3cnn(C[C@H](O)CO)c3)cc21. The molecule has 30 heavy (non-hydrogen) atoms. The summed E-state index contributed by atoms with van der Waals surface area (Å²) >= 11 is 12.5. The van der Waals surface area contributed by atoms with Crippen molar-refractivity contribution in [1.82, 2.24) is 19.3 Å². The number of hydrogen-bond donors (Lipinski definition) is 2. The van der Waals surface area contributed by atoms with Crippen LogP contribution in [0.2, 0.25) is 10.0 Å². The first-order chi connectivity index (χ1) is 14.4. The fraction of sp³-hybridized carbons (Fsp3) is 0.238. The van der Waals surface area contributed by atoms with Gasteiger partial charge in [0.25, 0.3) is 0 Å². The summed E-state index contributed by atoms with van der Waals surface area (Å²) in [6, 6.07) is 6.26. The molecule has 4 aromatic rings. The van der Waals surface area contributed by atoms with Crippen molar-refractivity contribution in [3.63, 3.8) is 0 Å². The lowest BCUT2D eigenvalue weighted by Crippen LogP contribution is -2.19. The molecule has 2 atom stereocenters. The van der Waals surface area contributed by atoms with Crippen LogP contribution in [0.3, 0.4) is 0 Å². The monoisotopic (exact) mass is 448 g/mol. The first-order valence-electron chi connectivity index (χ1n) is 9.30. The Balaban J connectivity index is 1.73. The molecule has 0 spiro atoms. The number of pyridine rings is 1. The van der Waals surface area contributed by atoms with Crippen molar-refractivity contribution < 1.29 is 14.6 Å². The van der Waals surface area contributed by atoms with Gasteiger partial charge in [-0.25, -0.2) is 4.39 Å². The molecule has 2 N–H and O–H groups in total. The van der Waals surface area contributed by atoms with Crippen LogP contribution in [-0.4, -0.2) is 42.3 Å². The summed E-state index contributed by atoms with van der Waals surface area (Å²) in [7, 11) is 0. The van der Waals surface area contributed by atoms with Gasteiger partial charge in [0.05, 0.1) is 47.6 Å². The minimum absolute atomic E-state index is 0.00433. The van der Waals surface area contributed by atoms with Crippen molar-refractivity contribution in [2.45, 2.75) is 25.6 Å². The quantitative estimate of drug-likeness (QED) is 0.431. The molecule has 4 rings (SSSR count). The first kappa shape index (κ1) is 20.8. The number of aliphatic hydroxyl groups is 2. The summed E-state index contributed by atoms with van der Waals surface area (Å²) in [4.78, 5) is 4.52. The topological polar surface area (TPSA) is 76.1 Å². The fourth-order valence-electron chi connectivity index (χ4n) is 3.48. The van der Waals surface area contributed by atoms with Gasteiger partial charge in [-0.3, -0.25) is 9.67 Å². The Labute approximate surface area is 182 Å². The first-order valence-corrected chi connectivity index (χ1v) is 10.1. The van der Waals surface area contributed by atoms with Crippen molar-refractivity contribution in [1.29, 1.82) is 0 Å². The standard InChI is InChI=1S/C21H19Cl2FN4O2/c1-12(20-16(22)2-3-17(24)21(20)23)28-5-4-18-19(28)6-13(7-25-18)14-8-26-27(9-14)10-15(30)11-29/h2-9,12,15,29-30H,10-11H2,1H3/t12-,15+/m1/s1. The van der Waals surface area contributed by atoms with Gasteiger partial charge in [-0.15, -0.1) is 0 Å². The predicted molar refractivity (Wildman–Crippen MR) is 114 cm³/mol. The maximum atomic E-state index is 14.0. The molecule has 3 aromatic heterocycles. The van der Waals surface area contributed by atoms with Crippen LogP contribution in [0.1, 0.15) is 18.5 Å². The van der Waals surface area contributed by atoms with Crippen molar-refractivity contribution in [2.75, 3.05) is 6.61 Å². The fourth-order valence-corrected chi connectivity index (χ4v) is 4.16. The predicted octanol–water partition coefficient (Wildman–Crippen LogP) is 4.31. The molecule has 0 unspecified atom stereocenters. The minimum Gasteiger partial charge on any atom is -0.394 e. The van der Waals surface area contributed by atoms with Crippen molar-refractivity contribution in [3.05, 3.63) is 70.5 Å². The summed E-state index contributed by atoms with van der Waals surface area (Å²) in [6.45, 7) is 1.75. The summed E-state index contributed by atoms with van der Waals surface area (Å²) in [5.74, 6) is -0.518. The number of rotatable bonds is 6. The molecule has 0 fully saturated rings. The number of halogens is 3. The lowest BCUT2D eigenvalue weighted by Gasteiger charge is -2.19. The molecule has 0 aliphatic rings. The number of benzene rings is 1. The summed E-state index contributed by atoms with van der Waals surface area (Å²) < 4.78 is 17.5. The van der Waals surface area contributed by atoms with E-state index in [4.69, 9.17) is 28.3 Å². The number of hydrogen-bond acceptors (Lipinski definition) is 4. The third-order valence-electron chi connectivity index (χ3n) is 5.06. The van der Waals surface area contributed by atoms with Crippen LogP contribution in [0.4, 0.5) is 4.39 Å². The van der Waals surface area contributed by atoms with Gasteiger partial charge in [0.1, 0.15) is 5.82 Å². The molecule has 0 radical (unpaired) electrons. The van der Waals surface area contributed by atoms with E-state index in [2.05, 4.69) is 10.1 Å². The maximum Gasteiger partial charge on any atom is 0.142 e. The van der Waals surface area contributed by atoms with Crippen molar-refractivity contribution >= 4 is 34.2 Å². The van der Waals surface area contributed by atoms with Gasteiger partial charge in [-0.1, -0.05) is 23.2 Å². The van der Waals surface area contributed by atoms with E-state index in [0.29, 0.717) is 10.6 Å². The smallest absolute Gasteiger partial charge is 0.142 e. The third kappa shape index (κ3) is 3.81. The molecule has 1 aromatic carbocycles. The molecule has 0 bridgehead atoms. The van der Waals surface area contributed by atoms with E-state index in [9.17, 15) is 9.50 Å². The highest BCUT2D eigenvalue weighted by molar-refractivity contribution is 6.36. The normalized spacial score (nSPS) is 13.7. The second-order valence-electron chi connectivity index (χ2n) is 7.07. The van der Waals surface area contributed by atoms with Crippen molar-refractivity contribution in [2.24, 2.45) is 0 Å². The van der Waals surface area contributed by atoms with Crippen LogP contribution in [0.5, 0.6) is 0 Å².